The maximum atomic E-state index is 12.4. The van der Waals surface area contributed by atoms with Crippen LogP contribution in [0.25, 0.3) is 0 Å². The summed E-state index contributed by atoms with van der Waals surface area (Å²) in [5, 5.41) is 14.4. The molecule has 3 heterocycles. The van der Waals surface area contributed by atoms with Gasteiger partial charge in [0.25, 0.3) is 0 Å². The van der Waals surface area contributed by atoms with Gasteiger partial charge >= 0.3 is 5.69 Å². The van der Waals surface area contributed by atoms with Gasteiger partial charge in [-0.1, -0.05) is 0 Å². The van der Waals surface area contributed by atoms with Gasteiger partial charge in [0.2, 0.25) is 11.7 Å². The number of piperidine rings is 1. The van der Waals surface area contributed by atoms with Crippen LogP contribution in [-0.4, -0.2) is 64.4 Å². The fourth-order valence-electron chi connectivity index (χ4n) is 3.57. The number of amides is 1. The molecule has 8 nitrogen and oxygen atoms in total. The van der Waals surface area contributed by atoms with Gasteiger partial charge < -0.3 is 15.1 Å². The normalized spacial score (nSPS) is 22.8. The molecule has 0 saturated carbocycles. The van der Waals surface area contributed by atoms with Crippen LogP contribution in [0.15, 0.2) is 12.3 Å². The molecule has 1 aromatic heterocycles. The van der Waals surface area contributed by atoms with E-state index in [1.807, 2.05) is 4.90 Å². The third kappa shape index (κ3) is 3.33. The summed E-state index contributed by atoms with van der Waals surface area (Å²) in [6.07, 6.45) is 3.88. The molecule has 0 aromatic carbocycles. The number of anilines is 1. The van der Waals surface area contributed by atoms with Gasteiger partial charge in [0.15, 0.2) is 0 Å². The van der Waals surface area contributed by atoms with Crippen LogP contribution in [0, 0.1) is 17.0 Å². The van der Waals surface area contributed by atoms with Crippen LogP contribution in [0.2, 0.25) is 0 Å². The number of nitrogens with one attached hydrogen (secondary N) is 1. The van der Waals surface area contributed by atoms with E-state index in [9.17, 15) is 14.9 Å². The van der Waals surface area contributed by atoms with Crippen molar-refractivity contribution in [3.63, 3.8) is 0 Å². The Labute approximate surface area is 141 Å². The SMILES string of the molecule is Cc1ccnc(NC2CC(=O)N(C3CCN(C)CC3)C2)c1[N+](=O)[O-]. The number of nitro groups is 1. The summed E-state index contributed by atoms with van der Waals surface area (Å²) < 4.78 is 0. The number of pyridine rings is 1. The number of hydrogen-bond acceptors (Lipinski definition) is 6. The molecule has 2 aliphatic heterocycles. The number of carbonyl (C=O) groups excluding carboxylic acids is 1. The first-order valence-corrected chi connectivity index (χ1v) is 8.30. The van der Waals surface area contributed by atoms with Gasteiger partial charge in [-0.05, 0) is 46.0 Å². The van der Waals surface area contributed by atoms with Crippen molar-refractivity contribution in [2.24, 2.45) is 0 Å². The number of hydrogen-bond donors (Lipinski definition) is 1. The van der Waals surface area contributed by atoms with Crippen LogP contribution in [0.1, 0.15) is 24.8 Å². The van der Waals surface area contributed by atoms with Gasteiger partial charge in [-0.2, -0.15) is 0 Å². The molecule has 0 spiro atoms. The minimum absolute atomic E-state index is 0.0114. The van der Waals surface area contributed by atoms with Crippen molar-refractivity contribution in [3.05, 3.63) is 27.9 Å². The molecule has 1 amide bonds. The highest BCUT2D eigenvalue weighted by atomic mass is 16.6. The maximum absolute atomic E-state index is 12.4. The average molecular weight is 333 g/mol. The van der Waals surface area contributed by atoms with Crippen LogP contribution < -0.4 is 5.32 Å². The summed E-state index contributed by atoms with van der Waals surface area (Å²) in [5.74, 6) is 0.375. The Kier molecular flexibility index (Phi) is 4.66. The zero-order chi connectivity index (χ0) is 17.3. The van der Waals surface area contributed by atoms with E-state index in [4.69, 9.17) is 0 Å². The minimum atomic E-state index is -0.420. The molecule has 2 fully saturated rings. The number of aryl methyl sites for hydroxylation is 1. The first kappa shape index (κ1) is 16.6. The fourth-order valence-corrected chi connectivity index (χ4v) is 3.57. The van der Waals surface area contributed by atoms with Gasteiger partial charge in [-0.15, -0.1) is 0 Å². The second-order valence-electron chi connectivity index (χ2n) is 6.71. The Balaban J connectivity index is 1.69. The van der Waals surface area contributed by atoms with Gasteiger partial charge in [0.05, 0.1) is 11.0 Å². The highest BCUT2D eigenvalue weighted by Gasteiger charge is 2.36. The molecule has 1 aromatic rings. The van der Waals surface area contributed by atoms with E-state index in [0.717, 1.165) is 25.9 Å². The Hall–Kier alpha value is -2.22. The first-order chi connectivity index (χ1) is 11.5. The number of rotatable bonds is 4. The standard InChI is InChI=1S/C16H23N5O3/c1-11-3-6-17-16(15(11)21(23)24)18-12-9-14(22)20(10-12)13-4-7-19(2)8-5-13/h3,6,12-13H,4-5,7-10H2,1-2H3,(H,17,18). The highest BCUT2D eigenvalue weighted by Crippen LogP contribution is 2.29. The predicted molar refractivity (Wildman–Crippen MR) is 89.9 cm³/mol. The topological polar surface area (TPSA) is 91.6 Å². The maximum Gasteiger partial charge on any atom is 0.314 e. The third-order valence-corrected chi connectivity index (χ3v) is 4.94. The molecule has 2 aliphatic rings. The van der Waals surface area contributed by atoms with Gasteiger partial charge in [0.1, 0.15) is 0 Å². The lowest BCUT2D eigenvalue weighted by atomic mass is 10.0. The van der Waals surface area contributed by atoms with E-state index in [0.29, 0.717) is 18.5 Å². The van der Waals surface area contributed by atoms with E-state index in [-0.39, 0.29) is 29.5 Å². The number of nitrogens with zero attached hydrogens (tertiary/aromatic N) is 4. The fraction of sp³-hybridized carbons (Fsp3) is 0.625. The second-order valence-corrected chi connectivity index (χ2v) is 6.71. The van der Waals surface area contributed by atoms with Crippen molar-refractivity contribution in [2.45, 2.75) is 38.3 Å². The Bertz CT molecular complexity index is 643. The van der Waals surface area contributed by atoms with Crippen molar-refractivity contribution in [3.8, 4) is 0 Å². The molecule has 0 bridgehead atoms. The summed E-state index contributed by atoms with van der Waals surface area (Å²) in [6, 6.07) is 1.76. The number of carbonyl (C=O) groups is 1. The highest BCUT2D eigenvalue weighted by molar-refractivity contribution is 5.80. The Morgan fingerprint density at radius 3 is 2.75 bits per heavy atom. The lowest BCUT2D eigenvalue weighted by molar-refractivity contribution is -0.384. The lowest BCUT2D eigenvalue weighted by Crippen LogP contribution is -2.44. The van der Waals surface area contributed by atoms with Crippen molar-refractivity contribution in [1.82, 2.24) is 14.8 Å². The Morgan fingerprint density at radius 2 is 2.08 bits per heavy atom. The molecule has 0 aliphatic carbocycles. The van der Waals surface area contributed by atoms with Crippen molar-refractivity contribution in [1.29, 1.82) is 0 Å². The summed E-state index contributed by atoms with van der Waals surface area (Å²) >= 11 is 0. The molecule has 1 atom stereocenters. The van der Waals surface area contributed by atoms with Gasteiger partial charge in [0, 0.05) is 30.8 Å². The van der Waals surface area contributed by atoms with Crippen molar-refractivity contribution >= 4 is 17.4 Å². The van der Waals surface area contributed by atoms with Crippen LogP contribution in [0.3, 0.4) is 0 Å². The largest absolute Gasteiger partial charge is 0.359 e. The molecule has 130 valence electrons. The molecule has 1 N–H and O–H groups in total. The molecule has 1 unspecified atom stereocenters. The van der Waals surface area contributed by atoms with E-state index >= 15 is 0 Å². The molecular weight excluding hydrogens is 310 g/mol. The van der Waals surface area contributed by atoms with E-state index < -0.39 is 4.92 Å². The van der Waals surface area contributed by atoms with Crippen molar-refractivity contribution < 1.29 is 9.72 Å². The van der Waals surface area contributed by atoms with Crippen LogP contribution in [0.5, 0.6) is 0 Å². The van der Waals surface area contributed by atoms with Crippen LogP contribution in [-0.2, 0) is 4.79 Å². The molecule has 2 saturated heterocycles. The number of aromatic nitrogens is 1. The van der Waals surface area contributed by atoms with Crippen LogP contribution in [0.4, 0.5) is 11.5 Å². The smallest absolute Gasteiger partial charge is 0.314 e. The Morgan fingerprint density at radius 1 is 1.38 bits per heavy atom. The zero-order valence-corrected chi connectivity index (χ0v) is 14.1. The summed E-state index contributed by atoms with van der Waals surface area (Å²) in [4.78, 5) is 31.5. The lowest BCUT2D eigenvalue weighted by Gasteiger charge is -2.35. The zero-order valence-electron chi connectivity index (χ0n) is 14.1. The summed E-state index contributed by atoms with van der Waals surface area (Å²) in [6.45, 7) is 4.27. The molecular formula is C16H23N5O3. The van der Waals surface area contributed by atoms with E-state index in [1.54, 1.807) is 19.2 Å². The molecule has 0 radical (unpaired) electrons. The minimum Gasteiger partial charge on any atom is -0.359 e. The molecule has 3 rings (SSSR count). The van der Waals surface area contributed by atoms with Crippen LogP contribution >= 0.6 is 0 Å². The average Bonchev–Trinajstić information content (AvgIpc) is 2.88. The summed E-state index contributed by atoms with van der Waals surface area (Å²) in [7, 11) is 2.09. The van der Waals surface area contributed by atoms with Crippen molar-refractivity contribution in [2.75, 3.05) is 32.0 Å². The van der Waals surface area contributed by atoms with Gasteiger partial charge in [-0.25, -0.2) is 4.98 Å². The molecule has 24 heavy (non-hydrogen) atoms. The third-order valence-electron chi connectivity index (χ3n) is 4.94. The number of likely N-dealkylation sites (tertiary alicyclic amines) is 2. The second kappa shape index (κ2) is 6.72. The van der Waals surface area contributed by atoms with E-state index in [1.165, 1.54) is 0 Å². The quantitative estimate of drug-likeness (QED) is 0.661. The summed E-state index contributed by atoms with van der Waals surface area (Å²) in [5.41, 5.74) is 0.552. The molecule has 8 heteroatoms. The van der Waals surface area contributed by atoms with E-state index in [2.05, 4.69) is 22.2 Å². The monoisotopic (exact) mass is 333 g/mol. The van der Waals surface area contributed by atoms with Gasteiger partial charge in [-0.3, -0.25) is 14.9 Å². The first-order valence-electron chi connectivity index (χ1n) is 8.30. The predicted octanol–water partition coefficient (Wildman–Crippen LogP) is 1.41.